The van der Waals surface area contributed by atoms with Gasteiger partial charge in [-0.05, 0) is 0 Å². The minimum absolute atomic E-state index is 0.261. The van der Waals surface area contributed by atoms with Gasteiger partial charge in [0.15, 0.2) is 0 Å². The maximum absolute atomic E-state index is 12.8. The van der Waals surface area contributed by atoms with E-state index in [2.05, 4.69) is 63.2 Å². The first-order chi connectivity index (χ1) is 10.6. The molecule has 0 N–H and O–H groups in total. The van der Waals surface area contributed by atoms with Crippen LogP contribution in [0.3, 0.4) is 0 Å². The van der Waals surface area contributed by atoms with Gasteiger partial charge in [0, 0.05) is 0 Å². The predicted molar refractivity (Wildman–Crippen MR) is 97.5 cm³/mol. The van der Waals surface area contributed by atoms with Crippen molar-refractivity contribution in [3.05, 3.63) is 69.4 Å². The van der Waals surface area contributed by atoms with Crippen molar-refractivity contribution in [2.45, 2.75) is 27.2 Å². The van der Waals surface area contributed by atoms with E-state index in [0.29, 0.717) is 0 Å². The number of rotatable bonds is 3. The number of fused-ring (bicyclic) bond motifs is 1. The quantitative estimate of drug-likeness (QED) is 0.594. The normalized spacial score (nSPS) is 11.0. The van der Waals surface area contributed by atoms with E-state index in [4.69, 9.17) is 0 Å². The molecule has 0 aliphatic heterocycles. The molecule has 0 saturated heterocycles. The number of hydrogen-bond donors (Lipinski definition) is 0. The van der Waals surface area contributed by atoms with E-state index in [1.807, 2.05) is 0 Å². The van der Waals surface area contributed by atoms with E-state index in [-0.39, 0.29) is 34.9 Å². The maximum atomic E-state index is 12.8. The van der Waals surface area contributed by atoms with Crippen LogP contribution in [0.15, 0.2) is 47.3 Å². The molecule has 0 bridgehead atoms. The van der Waals surface area contributed by atoms with Crippen molar-refractivity contribution in [1.29, 1.82) is 0 Å². The summed E-state index contributed by atoms with van der Waals surface area (Å²) in [4.78, 5) is 12.8. The van der Waals surface area contributed by atoms with Gasteiger partial charge in [0.2, 0.25) is 0 Å². The molecule has 0 unspecified atom stereocenters. The van der Waals surface area contributed by atoms with Crippen LogP contribution in [0.25, 0.3) is 9.65 Å². The second kappa shape index (κ2) is 6.56. The van der Waals surface area contributed by atoms with E-state index in [0.717, 1.165) is 17.4 Å². The number of aryl methyl sites for hydroxylation is 2. The molecule has 3 heteroatoms. The standard InChI is InChI=1S/C19H18OSe2/c1-4-15-18(20)16-11-13(3)7-10-17(16)22-19(15)21-14-8-5-12(2)6-9-14/h5-11H,4H2,1-3H3. The van der Waals surface area contributed by atoms with Crippen molar-refractivity contribution in [2.24, 2.45) is 0 Å². The Morgan fingerprint density at radius 1 is 1.00 bits per heavy atom. The molecule has 0 aliphatic carbocycles. The van der Waals surface area contributed by atoms with Crippen molar-refractivity contribution in [2.75, 3.05) is 0 Å². The summed E-state index contributed by atoms with van der Waals surface area (Å²) in [5.41, 5.74) is 3.79. The van der Waals surface area contributed by atoms with Crippen LogP contribution >= 0.6 is 0 Å². The van der Waals surface area contributed by atoms with Crippen molar-refractivity contribution in [3.63, 3.8) is 0 Å². The van der Waals surface area contributed by atoms with Gasteiger partial charge >= 0.3 is 143 Å². The average Bonchev–Trinajstić information content (AvgIpc) is 2.51. The van der Waals surface area contributed by atoms with E-state index in [1.54, 1.807) is 0 Å². The Hall–Kier alpha value is -1.11. The molecule has 1 nitrogen and oxygen atoms in total. The van der Waals surface area contributed by atoms with E-state index in [9.17, 15) is 4.79 Å². The summed E-state index contributed by atoms with van der Waals surface area (Å²) in [5, 5.41) is 0.945. The van der Waals surface area contributed by atoms with Gasteiger partial charge in [0.1, 0.15) is 0 Å². The van der Waals surface area contributed by atoms with Crippen LogP contribution in [-0.4, -0.2) is 29.5 Å². The van der Waals surface area contributed by atoms with Gasteiger partial charge in [-0.3, -0.25) is 0 Å². The van der Waals surface area contributed by atoms with Crippen molar-refractivity contribution < 1.29 is 0 Å². The Morgan fingerprint density at radius 2 is 1.68 bits per heavy atom. The Kier molecular flexibility index (Phi) is 4.70. The topological polar surface area (TPSA) is 17.1 Å². The Bertz CT molecular complexity index is 876. The SMILES string of the molecule is CCc1c([Se]c2ccc(C)cc2)[se]c2ccc(C)cc2c1=O. The van der Waals surface area contributed by atoms with Crippen LogP contribution < -0.4 is 13.2 Å². The third kappa shape index (κ3) is 3.14. The molecule has 0 atom stereocenters. The van der Waals surface area contributed by atoms with Crippen LogP contribution in [0.4, 0.5) is 0 Å². The van der Waals surface area contributed by atoms with Gasteiger partial charge in [-0.1, -0.05) is 0 Å². The summed E-state index contributed by atoms with van der Waals surface area (Å²) in [6.07, 6.45) is 0.844. The first-order valence-electron chi connectivity index (χ1n) is 7.39. The fraction of sp³-hybridized carbons (Fsp3) is 0.211. The molecule has 0 radical (unpaired) electrons. The Balaban J connectivity index is 2.14. The summed E-state index contributed by atoms with van der Waals surface area (Å²) in [6, 6.07) is 15.1. The average molecular weight is 420 g/mol. The van der Waals surface area contributed by atoms with Gasteiger partial charge < -0.3 is 0 Å². The van der Waals surface area contributed by atoms with Crippen LogP contribution in [0, 0.1) is 13.8 Å². The summed E-state index contributed by atoms with van der Waals surface area (Å²) in [5.74, 6) is 0. The van der Waals surface area contributed by atoms with Crippen molar-refractivity contribution in [1.82, 2.24) is 0 Å². The molecule has 1 aromatic heterocycles. The molecular formula is C19H18OSe2. The minimum atomic E-state index is 0.261. The van der Waals surface area contributed by atoms with Gasteiger partial charge in [0.25, 0.3) is 0 Å². The fourth-order valence-corrected chi connectivity index (χ4v) is 8.78. The first kappa shape index (κ1) is 15.8. The van der Waals surface area contributed by atoms with Gasteiger partial charge in [-0.25, -0.2) is 0 Å². The monoisotopic (exact) mass is 422 g/mol. The zero-order valence-corrected chi connectivity index (χ0v) is 16.4. The summed E-state index contributed by atoms with van der Waals surface area (Å²) in [6.45, 7) is 6.27. The molecule has 112 valence electrons. The number of benzene rings is 2. The van der Waals surface area contributed by atoms with Crippen LogP contribution in [-0.2, 0) is 6.42 Å². The van der Waals surface area contributed by atoms with Gasteiger partial charge in [0.05, 0.1) is 0 Å². The van der Waals surface area contributed by atoms with Crippen LogP contribution in [0.2, 0.25) is 0 Å². The van der Waals surface area contributed by atoms with E-state index < -0.39 is 0 Å². The molecule has 3 rings (SSSR count). The van der Waals surface area contributed by atoms with E-state index in [1.165, 1.54) is 23.2 Å². The van der Waals surface area contributed by atoms with Gasteiger partial charge in [-0.2, -0.15) is 0 Å². The fourth-order valence-electron chi connectivity index (χ4n) is 2.43. The summed E-state index contributed by atoms with van der Waals surface area (Å²) in [7, 11) is 0. The van der Waals surface area contributed by atoms with Crippen molar-refractivity contribution >= 4 is 46.9 Å². The van der Waals surface area contributed by atoms with Crippen LogP contribution in [0.1, 0.15) is 23.6 Å². The van der Waals surface area contributed by atoms with Crippen molar-refractivity contribution in [3.8, 4) is 0 Å². The molecule has 3 aromatic rings. The molecule has 0 saturated carbocycles. The third-order valence-corrected chi connectivity index (χ3v) is 9.59. The number of hydrogen-bond acceptors (Lipinski definition) is 1. The molecular weight excluding hydrogens is 402 g/mol. The Morgan fingerprint density at radius 3 is 2.36 bits per heavy atom. The summed E-state index contributed by atoms with van der Waals surface area (Å²) < 4.78 is 4.03. The Labute approximate surface area is 143 Å². The molecule has 2 aromatic carbocycles. The third-order valence-electron chi connectivity index (χ3n) is 3.69. The van der Waals surface area contributed by atoms with E-state index >= 15 is 0 Å². The molecule has 0 amide bonds. The molecule has 0 fully saturated rings. The second-order valence-corrected chi connectivity index (χ2v) is 11.3. The molecule has 0 aliphatic rings. The summed E-state index contributed by atoms with van der Waals surface area (Å²) >= 11 is 0.546. The van der Waals surface area contributed by atoms with Gasteiger partial charge in [-0.15, -0.1) is 0 Å². The van der Waals surface area contributed by atoms with Crippen LogP contribution in [0.5, 0.6) is 0 Å². The predicted octanol–water partition coefficient (Wildman–Crippen LogP) is 2.09. The first-order valence-corrected chi connectivity index (χ1v) is 10.8. The zero-order chi connectivity index (χ0) is 15.7. The molecule has 0 spiro atoms. The molecule has 1 heterocycles. The second-order valence-electron chi connectivity index (χ2n) is 5.47. The molecule has 22 heavy (non-hydrogen) atoms. The zero-order valence-electron chi connectivity index (χ0n) is 13.0.